The molecule has 0 aromatic rings. The SMILES string of the molecule is CO[C@H]1CN(C(=N)C(/C=C(/C)N)=C2N=C(C)NO2)CC[C@H]1NCC(C)C. The number of likely N-dealkylation sites (tertiary alicyclic amines) is 1. The van der Waals surface area contributed by atoms with Crippen molar-refractivity contribution in [3.63, 3.8) is 0 Å². The Morgan fingerprint density at radius 3 is 2.85 bits per heavy atom. The molecular formula is C18H32N6O2. The third-order valence-corrected chi connectivity index (χ3v) is 4.39. The Hall–Kier alpha value is -2.06. The highest BCUT2D eigenvalue weighted by Gasteiger charge is 2.32. The number of piperidine rings is 1. The molecule has 2 atom stereocenters. The number of allylic oxidation sites excluding steroid dienone is 1. The maximum absolute atomic E-state index is 8.68. The number of nitrogens with one attached hydrogen (secondary N) is 3. The Bertz CT molecular complexity index is 607. The van der Waals surface area contributed by atoms with Crippen LogP contribution >= 0.6 is 0 Å². The highest BCUT2D eigenvalue weighted by molar-refractivity contribution is 5.99. The number of methoxy groups -OCH3 is 1. The molecule has 0 unspecified atom stereocenters. The molecule has 0 saturated carbocycles. The second-order valence-electron chi connectivity index (χ2n) is 7.27. The minimum Gasteiger partial charge on any atom is -0.402 e. The number of nitrogens with two attached hydrogens (primary N) is 1. The average Bonchev–Trinajstić information content (AvgIpc) is 3.03. The number of amidine groups is 2. The van der Waals surface area contributed by atoms with Gasteiger partial charge in [-0.3, -0.25) is 5.41 Å². The zero-order valence-electron chi connectivity index (χ0n) is 16.4. The highest BCUT2D eigenvalue weighted by Crippen LogP contribution is 2.21. The molecule has 2 rings (SSSR count). The molecule has 146 valence electrons. The summed E-state index contributed by atoms with van der Waals surface area (Å²) in [7, 11) is 1.73. The largest absolute Gasteiger partial charge is 0.402 e. The van der Waals surface area contributed by atoms with Gasteiger partial charge in [-0.05, 0) is 38.8 Å². The first-order valence-electron chi connectivity index (χ1n) is 9.08. The van der Waals surface area contributed by atoms with Crippen molar-refractivity contribution >= 4 is 11.7 Å². The molecule has 2 aliphatic heterocycles. The van der Waals surface area contributed by atoms with Crippen molar-refractivity contribution in [2.75, 3.05) is 26.7 Å². The van der Waals surface area contributed by atoms with Gasteiger partial charge in [0.15, 0.2) is 0 Å². The molecule has 1 saturated heterocycles. The molecule has 0 spiro atoms. The Kier molecular flexibility index (Phi) is 7.05. The van der Waals surface area contributed by atoms with Gasteiger partial charge in [-0.25, -0.2) is 5.48 Å². The number of hydrogen-bond acceptors (Lipinski definition) is 7. The molecule has 0 aromatic carbocycles. The van der Waals surface area contributed by atoms with Gasteiger partial charge >= 0.3 is 0 Å². The molecule has 0 aromatic heterocycles. The van der Waals surface area contributed by atoms with E-state index in [-0.39, 0.29) is 6.10 Å². The first-order valence-corrected chi connectivity index (χ1v) is 9.08. The van der Waals surface area contributed by atoms with E-state index < -0.39 is 0 Å². The molecule has 2 aliphatic rings. The van der Waals surface area contributed by atoms with Gasteiger partial charge in [-0.2, -0.15) is 4.99 Å². The Morgan fingerprint density at radius 1 is 1.58 bits per heavy atom. The molecule has 8 heteroatoms. The van der Waals surface area contributed by atoms with Crippen LogP contribution in [0.4, 0.5) is 0 Å². The quantitative estimate of drug-likeness (QED) is 0.418. The maximum atomic E-state index is 8.68. The van der Waals surface area contributed by atoms with Gasteiger partial charge in [0.1, 0.15) is 11.7 Å². The van der Waals surface area contributed by atoms with Gasteiger partial charge in [0.2, 0.25) is 0 Å². The fourth-order valence-electron chi connectivity index (χ4n) is 3.04. The van der Waals surface area contributed by atoms with E-state index in [0.29, 0.717) is 47.3 Å². The first-order chi connectivity index (χ1) is 12.3. The zero-order chi connectivity index (χ0) is 19.3. The third-order valence-electron chi connectivity index (χ3n) is 4.39. The van der Waals surface area contributed by atoms with Crippen LogP contribution in [-0.4, -0.2) is 55.5 Å². The standard InChI is InChI=1S/C18H32N6O2/c1-11(2)9-21-15-6-7-24(10-16(15)25-5)17(20)14(8-12(3)19)18-22-13(4)23-26-18/h8,11,15-16,20-21H,6-7,9-10,19H2,1-5H3,(H,22,23)/b12-8-,18-14?,20-17?/t15-,16+/m1/s1. The van der Waals surface area contributed by atoms with E-state index in [4.69, 9.17) is 20.7 Å². The lowest BCUT2D eigenvalue weighted by atomic mass is 9.99. The van der Waals surface area contributed by atoms with Crippen LogP contribution in [-0.2, 0) is 9.57 Å². The van der Waals surface area contributed by atoms with Crippen LogP contribution < -0.4 is 16.5 Å². The summed E-state index contributed by atoms with van der Waals surface area (Å²) in [6.45, 7) is 10.3. The summed E-state index contributed by atoms with van der Waals surface area (Å²) in [5, 5.41) is 12.3. The molecule has 1 fully saturated rings. The Labute approximate surface area is 156 Å². The molecule has 26 heavy (non-hydrogen) atoms. The van der Waals surface area contributed by atoms with E-state index in [9.17, 15) is 0 Å². The summed E-state index contributed by atoms with van der Waals surface area (Å²) in [4.78, 5) is 11.7. The number of hydrogen-bond donors (Lipinski definition) is 4. The van der Waals surface area contributed by atoms with Gasteiger partial charge in [-0.1, -0.05) is 13.8 Å². The second-order valence-corrected chi connectivity index (χ2v) is 7.27. The lowest BCUT2D eigenvalue weighted by Gasteiger charge is -2.39. The molecule has 0 aliphatic carbocycles. The molecule has 5 N–H and O–H groups in total. The molecule has 2 heterocycles. The summed E-state index contributed by atoms with van der Waals surface area (Å²) in [5.74, 6) is 1.95. The Morgan fingerprint density at radius 2 is 2.31 bits per heavy atom. The van der Waals surface area contributed by atoms with Crippen LogP contribution in [0.3, 0.4) is 0 Å². The summed E-state index contributed by atoms with van der Waals surface area (Å²) < 4.78 is 5.69. The second kappa shape index (κ2) is 9.05. The molecule has 8 nitrogen and oxygen atoms in total. The number of aliphatic imine (C=N–C) groups is 1. The van der Waals surface area contributed by atoms with Gasteiger partial charge in [0.05, 0.1) is 11.7 Å². The minimum atomic E-state index is 0.0184. The van der Waals surface area contributed by atoms with Gasteiger partial charge in [0, 0.05) is 31.9 Å². The number of hydroxylamine groups is 1. The maximum Gasteiger partial charge on any atom is 0.258 e. The van der Waals surface area contributed by atoms with E-state index in [0.717, 1.165) is 19.5 Å². The van der Waals surface area contributed by atoms with Gasteiger partial charge in [0.25, 0.3) is 5.88 Å². The van der Waals surface area contributed by atoms with Crippen molar-refractivity contribution in [2.24, 2.45) is 16.6 Å². The van der Waals surface area contributed by atoms with Gasteiger partial charge in [-0.15, -0.1) is 0 Å². The van der Waals surface area contributed by atoms with Crippen LogP contribution in [0.1, 0.15) is 34.1 Å². The Balaban J connectivity index is 2.14. The third kappa shape index (κ3) is 5.22. The van der Waals surface area contributed by atoms with E-state index in [2.05, 4.69) is 29.6 Å². The molecule has 0 amide bonds. The van der Waals surface area contributed by atoms with Crippen molar-refractivity contribution < 1.29 is 9.57 Å². The van der Waals surface area contributed by atoms with Crippen molar-refractivity contribution in [1.29, 1.82) is 5.41 Å². The molecule has 0 bridgehead atoms. The fraction of sp³-hybridized carbons (Fsp3) is 0.667. The summed E-state index contributed by atoms with van der Waals surface area (Å²) in [6, 6.07) is 0.291. The van der Waals surface area contributed by atoms with Crippen molar-refractivity contribution in [3.8, 4) is 0 Å². The predicted octanol–water partition coefficient (Wildman–Crippen LogP) is 1.33. The fourth-order valence-corrected chi connectivity index (χ4v) is 3.04. The van der Waals surface area contributed by atoms with Gasteiger partial charge < -0.3 is 25.5 Å². The normalized spacial score (nSPS) is 25.7. The molecular weight excluding hydrogens is 332 g/mol. The summed E-state index contributed by atoms with van der Waals surface area (Å²) in [6.07, 6.45) is 2.65. The van der Waals surface area contributed by atoms with Crippen molar-refractivity contribution in [3.05, 3.63) is 23.2 Å². The average molecular weight is 364 g/mol. The summed E-state index contributed by atoms with van der Waals surface area (Å²) in [5.41, 5.74) is 9.73. The van der Waals surface area contributed by atoms with Crippen LogP contribution in [0.5, 0.6) is 0 Å². The van der Waals surface area contributed by atoms with Crippen LogP contribution in [0.2, 0.25) is 0 Å². The monoisotopic (exact) mass is 364 g/mol. The first kappa shape index (κ1) is 20.3. The van der Waals surface area contributed by atoms with E-state index in [1.807, 2.05) is 4.90 Å². The lowest BCUT2D eigenvalue weighted by molar-refractivity contribution is 0.0249. The lowest BCUT2D eigenvalue weighted by Crippen LogP contribution is -2.55. The summed E-state index contributed by atoms with van der Waals surface area (Å²) >= 11 is 0. The van der Waals surface area contributed by atoms with E-state index in [1.54, 1.807) is 27.0 Å². The zero-order valence-corrected chi connectivity index (χ0v) is 16.4. The van der Waals surface area contributed by atoms with E-state index >= 15 is 0 Å². The number of ether oxygens (including phenoxy) is 1. The topological polar surface area (TPSA) is 108 Å². The highest BCUT2D eigenvalue weighted by atomic mass is 16.7. The van der Waals surface area contributed by atoms with Crippen LogP contribution in [0.25, 0.3) is 0 Å². The van der Waals surface area contributed by atoms with E-state index in [1.165, 1.54) is 0 Å². The smallest absolute Gasteiger partial charge is 0.258 e. The van der Waals surface area contributed by atoms with Crippen LogP contribution in [0, 0.1) is 11.3 Å². The molecule has 0 radical (unpaired) electrons. The van der Waals surface area contributed by atoms with Crippen molar-refractivity contribution in [2.45, 2.75) is 46.3 Å². The van der Waals surface area contributed by atoms with Crippen LogP contribution in [0.15, 0.2) is 28.2 Å². The van der Waals surface area contributed by atoms with Crippen molar-refractivity contribution in [1.82, 2.24) is 15.7 Å². The predicted molar refractivity (Wildman–Crippen MR) is 104 cm³/mol. The minimum absolute atomic E-state index is 0.0184. The number of nitrogens with zero attached hydrogens (tertiary/aromatic N) is 2. The number of rotatable bonds is 6.